The van der Waals surface area contributed by atoms with Crippen molar-refractivity contribution < 1.29 is 18.1 Å². The van der Waals surface area contributed by atoms with E-state index in [1.165, 1.54) is 17.2 Å². The maximum Gasteiger partial charge on any atom is 0.227 e. The Bertz CT molecular complexity index is 984. The van der Waals surface area contributed by atoms with Gasteiger partial charge in [-0.25, -0.2) is 8.78 Å². The summed E-state index contributed by atoms with van der Waals surface area (Å²) in [5, 5.41) is 4.11. The van der Waals surface area contributed by atoms with Crippen LogP contribution in [0, 0.1) is 11.6 Å². The van der Waals surface area contributed by atoms with E-state index in [4.69, 9.17) is 4.52 Å². The fraction of sp³-hybridized carbons (Fsp3) is 0.286. The maximum atomic E-state index is 13.3. The van der Waals surface area contributed by atoms with Gasteiger partial charge in [0.1, 0.15) is 0 Å². The number of Topliss-reactive ketones (excluding diaryl/α,β-unsaturated/α-hetero) is 1. The first kappa shape index (κ1) is 17.5. The first-order valence-electron chi connectivity index (χ1n) is 9.00. The summed E-state index contributed by atoms with van der Waals surface area (Å²) in [5.74, 6) is -1.18. The number of fused-ring (bicyclic) bond motifs is 1. The summed E-state index contributed by atoms with van der Waals surface area (Å²) >= 11 is 0. The smallest absolute Gasteiger partial charge is 0.227 e. The lowest BCUT2D eigenvalue weighted by Crippen LogP contribution is -2.12. The molecule has 27 heavy (non-hydrogen) atoms. The van der Waals surface area contributed by atoms with Crippen LogP contribution in [0.3, 0.4) is 0 Å². The summed E-state index contributed by atoms with van der Waals surface area (Å²) < 4.78 is 31.6. The molecular formula is C21H18F2N2O2. The Morgan fingerprint density at radius 3 is 2.85 bits per heavy atom. The van der Waals surface area contributed by atoms with E-state index in [2.05, 4.69) is 22.3 Å². The lowest BCUT2D eigenvalue weighted by atomic mass is 9.82. The molecule has 0 fully saturated rings. The van der Waals surface area contributed by atoms with Gasteiger partial charge in [-0.2, -0.15) is 4.98 Å². The van der Waals surface area contributed by atoms with Crippen molar-refractivity contribution in [3.63, 3.8) is 0 Å². The zero-order valence-electron chi connectivity index (χ0n) is 14.6. The van der Waals surface area contributed by atoms with Gasteiger partial charge in [-0.3, -0.25) is 4.79 Å². The minimum Gasteiger partial charge on any atom is -0.339 e. The zero-order chi connectivity index (χ0) is 18.8. The molecule has 0 amide bonds. The normalized spacial score (nSPS) is 16.1. The standard InChI is InChI=1S/C21H18F2N2O2/c22-17-9-8-14(12-18(17)23)19(26)10-11-20-24-21(25-27-20)16-7-3-5-13-4-1-2-6-15(13)16/h1-2,4,6,8-9,12,16H,3,5,7,10-11H2. The highest BCUT2D eigenvalue weighted by atomic mass is 19.2. The number of nitrogens with zero attached hydrogens (tertiary/aromatic N) is 2. The number of carbonyl (C=O) groups is 1. The molecule has 0 aliphatic heterocycles. The third-order valence-corrected chi connectivity index (χ3v) is 4.97. The number of rotatable bonds is 5. The molecule has 2 aromatic carbocycles. The maximum absolute atomic E-state index is 13.3. The van der Waals surface area contributed by atoms with Crippen molar-refractivity contribution in [1.82, 2.24) is 10.1 Å². The number of carbonyl (C=O) groups excluding carboxylic acids is 1. The van der Waals surface area contributed by atoms with Crippen molar-refractivity contribution in [1.29, 1.82) is 0 Å². The van der Waals surface area contributed by atoms with Gasteiger partial charge < -0.3 is 4.52 Å². The fourth-order valence-electron chi connectivity index (χ4n) is 3.57. The summed E-state index contributed by atoms with van der Waals surface area (Å²) in [7, 11) is 0. The molecule has 1 unspecified atom stereocenters. The van der Waals surface area contributed by atoms with E-state index < -0.39 is 11.6 Å². The SMILES string of the molecule is O=C(CCc1nc(C2CCCc3ccccc32)no1)c1ccc(F)c(F)c1. The van der Waals surface area contributed by atoms with Crippen LogP contribution in [0.2, 0.25) is 0 Å². The van der Waals surface area contributed by atoms with E-state index >= 15 is 0 Å². The summed E-state index contributed by atoms with van der Waals surface area (Å²) in [4.78, 5) is 16.6. The van der Waals surface area contributed by atoms with Gasteiger partial charge in [-0.15, -0.1) is 0 Å². The lowest BCUT2D eigenvalue weighted by Gasteiger charge is -2.22. The Hall–Kier alpha value is -2.89. The van der Waals surface area contributed by atoms with Crippen molar-refractivity contribution in [2.24, 2.45) is 0 Å². The van der Waals surface area contributed by atoms with Gasteiger partial charge in [0.2, 0.25) is 5.89 Å². The summed E-state index contributed by atoms with van der Waals surface area (Å²) in [5.41, 5.74) is 2.68. The van der Waals surface area contributed by atoms with E-state index in [0.717, 1.165) is 31.4 Å². The highest BCUT2D eigenvalue weighted by Gasteiger charge is 2.25. The van der Waals surface area contributed by atoms with Crippen molar-refractivity contribution in [2.75, 3.05) is 0 Å². The van der Waals surface area contributed by atoms with E-state index in [-0.39, 0.29) is 30.1 Å². The van der Waals surface area contributed by atoms with Gasteiger partial charge in [0.15, 0.2) is 23.2 Å². The average molecular weight is 368 g/mol. The molecule has 1 aromatic heterocycles. The Balaban J connectivity index is 1.44. The van der Waals surface area contributed by atoms with Gasteiger partial charge in [-0.05, 0) is 48.6 Å². The number of benzene rings is 2. The largest absolute Gasteiger partial charge is 0.339 e. The molecule has 1 aliphatic carbocycles. The van der Waals surface area contributed by atoms with Crippen LogP contribution in [0.5, 0.6) is 0 Å². The van der Waals surface area contributed by atoms with Crippen molar-refractivity contribution in [3.8, 4) is 0 Å². The lowest BCUT2D eigenvalue weighted by molar-refractivity contribution is 0.0979. The van der Waals surface area contributed by atoms with Crippen LogP contribution in [0.1, 0.15) is 58.4 Å². The zero-order valence-corrected chi connectivity index (χ0v) is 14.6. The Labute approximate surface area is 155 Å². The summed E-state index contributed by atoms with van der Waals surface area (Å²) in [6.45, 7) is 0. The van der Waals surface area contributed by atoms with Crippen LogP contribution >= 0.6 is 0 Å². The van der Waals surface area contributed by atoms with Crippen molar-refractivity contribution in [2.45, 2.75) is 38.0 Å². The first-order valence-corrected chi connectivity index (χ1v) is 9.00. The molecule has 0 N–H and O–H groups in total. The van der Waals surface area contributed by atoms with Gasteiger partial charge in [0, 0.05) is 24.3 Å². The number of aromatic nitrogens is 2. The fourth-order valence-corrected chi connectivity index (χ4v) is 3.57. The van der Waals surface area contributed by atoms with Crippen molar-refractivity contribution in [3.05, 3.63) is 82.5 Å². The predicted octanol–water partition coefficient (Wildman–Crippen LogP) is 4.63. The molecule has 0 saturated carbocycles. The van der Waals surface area contributed by atoms with Crippen LogP contribution in [0.25, 0.3) is 0 Å². The molecule has 4 nitrogen and oxygen atoms in total. The van der Waals surface area contributed by atoms with Gasteiger partial charge >= 0.3 is 0 Å². The number of halogens is 2. The highest BCUT2D eigenvalue weighted by molar-refractivity contribution is 5.96. The quantitative estimate of drug-likeness (QED) is 0.616. The monoisotopic (exact) mass is 368 g/mol. The molecule has 4 rings (SSSR count). The minimum absolute atomic E-state index is 0.0912. The molecule has 0 radical (unpaired) electrons. The Kier molecular flexibility index (Phi) is 4.79. The molecule has 1 aliphatic rings. The van der Waals surface area contributed by atoms with Gasteiger partial charge in [0.25, 0.3) is 0 Å². The molecule has 0 spiro atoms. The van der Waals surface area contributed by atoms with Crippen LogP contribution in [-0.2, 0) is 12.8 Å². The van der Waals surface area contributed by atoms with E-state index in [1.54, 1.807) is 0 Å². The molecule has 138 valence electrons. The van der Waals surface area contributed by atoms with Crippen molar-refractivity contribution >= 4 is 5.78 Å². The van der Waals surface area contributed by atoms with Crippen LogP contribution in [0.4, 0.5) is 8.78 Å². The van der Waals surface area contributed by atoms with E-state index in [9.17, 15) is 13.6 Å². The molecule has 3 aromatic rings. The molecule has 1 atom stereocenters. The summed E-state index contributed by atoms with van der Waals surface area (Å²) in [6.07, 6.45) is 3.44. The molecular weight excluding hydrogens is 350 g/mol. The number of ketones is 1. The average Bonchev–Trinajstić information content (AvgIpc) is 3.16. The van der Waals surface area contributed by atoms with Gasteiger partial charge in [0.05, 0.1) is 0 Å². The molecule has 0 bridgehead atoms. The van der Waals surface area contributed by atoms with E-state index in [1.807, 2.05) is 12.1 Å². The minimum atomic E-state index is -1.03. The second-order valence-corrected chi connectivity index (χ2v) is 6.74. The Morgan fingerprint density at radius 1 is 1.15 bits per heavy atom. The van der Waals surface area contributed by atoms with Gasteiger partial charge in [-0.1, -0.05) is 29.4 Å². The molecule has 0 saturated heterocycles. The third-order valence-electron chi connectivity index (χ3n) is 4.97. The molecule has 6 heteroatoms. The van der Waals surface area contributed by atoms with Crippen LogP contribution in [-0.4, -0.2) is 15.9 Å². The number of aryl methyl sites for hydroxylation is 2. The first-order chi connectivity index (χ1) is 13.1. The Morgan fingerprint density at radius 2 is 2.00 bits per heavy atom. The topological polar surface area (TPSA) is 56.0 Å². The highest BCUT2D eigenvalue weighted by Crippen LogP contribution is 2.35. The van der Waals surface area contributed by atoms with Crippen LogP contribution < -0.4 is 0 Å². The second kappa shape index (κ2) is 7.39. The second-order valence-electron chi connectivity index (χ2n) is 6.74. The van der Waals surface area contributed by atoms with Crippen LogP contribution in [0.15, 0.2) is 47.0 Å². The number of hydrogen-bond donors (Lipinski definition) is 0. The molecule has 1 heterocycles. The predicted molar refractivity (Wildman–Crippen MR) is 94.5 cm³/mol. The third kappa shape index (κ3) is 3.65. The summed E-state index contributed by atoms with van der Waals surface area (Å²) in [6, 6.07) is 11.4. The number of hydrogen-bond acceptors (Lipinski definition) is 4. The van der Waals surface area contributed by atoms with E-state index in [0.29, 0.717) is 11.7 Å².